The minimum Gasteiger partial charge on any atom is -0.363 e. The summed E-state index contributed by atoms with van der Waals surface area (Å²) in [5.74, 6) is 0. The van der Waals surface area contributed by atoms with Gasteiger partial charge in [-0.2, -0.15) is 0 Å². The fourth-order valence-corrected chi connectivity index (χ4v) is 2.45. The molecule has 0 aliphatic carbocycles. The minimum atomic E-state index is 0.492. The molecule has 0 unspecified atom stereocenters. The Labute approximate surface area is 102 Å². The van der Waals surface area contributed by atoms with Crippen LogP contribution in [0.3, 0.4) is 0 Å². The fourth-order valence-electron chi connectivity index (χ4n) is 2.45. The van der Waals surface area contributed by atoms with Gasteiger partial charge in [-0.25, -0.2) is 0 Å². The second kappa shape index (κ2) is 3.88. The summed E-state index contributed by atoms with van der Waals surface area (Å²) in [5, 5.41) is 0. The second-order valence-electron chi connectivity index (χ2n) is 4.75. The van der Waals surface area contributed by atoms with E-state index in [1.54, 1.807) is 0 Å². The Morgan fingerprint density at radius 2 is 1.94 bits per heavy atom. The maximum absolute atomic E-state index is 4.55. The Bertz CT molecular complexity index is 546. The monoisotopic (exact) mass is 224 g/mol. The number of hydrogen-bond acceptors (Lipinski definition) is 2. The van der Waals surface area contributed by atoms with Crippen molar-refractivity contribution in [3.63, 3.8) is 0 Å². The topological polar surface area (TPSA) is 16.1 Å². The molecule has 17 heavy (non-hydrogen) atoms. The van der Waals surface area contributed by atoms with Crippen LogP contribution in [0.2, 0.25) is 0 Å². The third kappa shape index (κ3) is 1.60. The molecule has 0 spiro atoms. The molecule has 2 heterocycles. The van der Waals surface area contributed by atoms with Crippen LogP contribution in [0.1, 0.15) is 19.4 Å². The molecule has 2 heteroatoms. The van der Waals surface area contributed by atoms with Crippen molar-refractivity contribution in [3.8, 4) is 11.3 Å². The molecule has 0 saturated carbocycles. The fraction of sp³-hybridized carbons (Fsp3) is 0.267. The van der Waals surface area contributed by atoms with Crippen LogP contribution in [-0.4, -0.2) is 11.0 Å². The summed E-state index contributed by atoms with van der Waals surface area (Å²) in [6.45, 7) is 5.43. The summed E-state index contributed by atoms with van der Waals surface area (Å²) >= 11 is 0. The Hall–Kier alpha value is -1.83. The van der Waals surface area contributed by atoms with Gasteiger partial charge in [0.1, 0.15) is 0 Å². The molecule has 0 amide bonds. The van der Waals surface area contributed by atoms with Crippen molar-refractivity contribution in [2.24, 2.45) is 0 Å². The van der Waals surface area contributed by atoms with E-state index in [0.29, 0.717) is 6.04 Å². The summed E-state index contributed by atoms with van der Waals surface area (Å²) in [5.41, 5.74) is 5.01. The number of benzene rings is 1. The average Bonchev–Trinajstić information content (AvgIpc) is 2.37. The van der Waals surface area contributed by atoms with E-state index >= 15 is 0 Å². The van der Waals surface area contributed by atoms with E-state index in [9.17, 15) is 0 Å². The van der Waals surface area contributed by atoms with Crippen molar-refractivity contribution in [2.75, 3.05) is 4.90 Å². The number of anilines is 1. The molecule has 0 saturated heterocycles. The van der Waals surface area contributed by atoms with E-state index < -0.39 is 0 Å². The number of fused-ring (bicyclic) bond motifs is 3. The first-order valence-electron chi connectivity index (χ1n) is 6.07. The number of hydrogen-bond donors (Lipinski definition) is 0. The van der Waals surface area contributed by atoms with Crippen LogP contribution >= 0.6 is 0 Å². The first-order chi connectivity index (χ1) is 8.27. The van der Waals surface area contributed by atoms with Gasteiger partial charge in [-0.1, -0.05) is 24.3 Å². The average molecular weight is 224 g/mol. The SMILES string of the molecule is CC(C)N1Cc2ccccc2-c2ncccc21. The van der Waals surface area contributed by atoms with Gasteiger partial charge in [-0.05, 0) is 31.5 Å². The lowest BCUT2D eigenvalue weighted by Crippen LogP contribution is -2.33. The molecule has 0 fully saturated rings. The predicted octanol–water partition coefficient (Wildman–Crippen LogP) is 3.48. The molecule has 1 aliphatic rings. The minimum absolute atomic E-state index is 0.492. The molecular weight excluding hydrogens is 208 g/mol. The van der Waals surface area contributed by atoms with Crippen LogP contribution in [0.25, 0.3) is 11.3 Å². The zero-order chi connectivity index (χ0) is 11.8. The molecule has 86 valence electrons. The summed E-state index contributed by atoms with van der Waals surface area (Å²) < 4.78 is 0. The highest BCUT2D eigenvalue weighted by molar-refractivity contribution is 5.80. The lowest BCUT2D eigenvalue weighted by molar-refractivity contribution is 0.676. The molecule has 2 nitrogen and oxygen atoms in total. The molecule has 0 radical (unpaired) electrons. The van der Waals surface area contributed by atoms with Gasteiger partial charge in [0.05, 0.1) is 11.4 Å². The zero-order valence-corrected chi connectivity index (χ0v) is 10.2. The molecule has 2 aromatic rings. The van der Waals surface area contributed by atoms with Crippen molar-refractivity contribution in [3.05, 3.63) is 48.2 Å². The number of pyridine rings is 1. The quantitative estimate of drug-likeness (QED) is 0.737. The number of rotatable bonds is 1. The highest BCUT2D eigenvalue weighted by Gasteiger charge is 2.23. The normalized spacial score (nSPS) is 13.5. The maximum Gasteiger partial charge on any atom is 0.0938 e. The van der Waals surface area contributed by atoms with Gasteiger partial charge in [0, 0.05) is 24.3 Å². The van der Waals surface area contributed by atoms with Gasteiger partial charge < -0.3 is 4.90 Å². The summed E-state index contributed by atoms with van der Waals surface area (Å²) in [4.78, 5) is 6.96. The van der Waals surface area contributed by atoms with Crippen molar-refractivity contribution in [1.29, 1.82) is 0 Å². The molecule has 0 atom stereocenters. The van der Waals surface area contributed by atoms with Crippen LogP contribution in [0.5, 0.6) is 0 Å². The Balaban J connectivity index is 2.22. The van der Waals surface area contributed by atoms with Gasteiger partial charge in [0.2, 0.25) is 0 Å². The van der Waals surface area contributed by atoms with E-state index in [4.69, 9.17) is 0 Å². The lowest BCUT2D eigenvalue weighted by Gasteiger charge is -2.35. The smallest absolute Gasteiger partial charge is 0.0938 e. The van der Waals surface area contributed by atoms with E-state index in [0.717, 1.165) is 12.2 Å². The standard InChI is InChI=1S/C15H16N2/c1-11(2)17-10-12-6-3-4-7-13(12)15-14(17)8-5-9-16-15/h3-9,11H,10H2,1-2H3. The van der Waals surface area contributed by atoms with Crippen molar-refractivity contribution >= 4 is 5.69 Å². The molecule has 1 aromatic heterocycles. The molecule has 1 aromatic carbocycles. The van der Waals surface area contributed by atoms with Crippen LogP contribution < -0.4 is 4.90 Å². The summed E-state index contributed by atoms with van der Waals surface area (Å²) in [6, 6.07) is 13.2. The molecule has 0 bridgehead atoms. The van der Waals surface area contributed by atoms with Crippen LogP contribution in [0.15, 0.2) is 42.6 Å². The third-order valence-corrected chi connectivity index (χ3v) is 3.33. The Morgan fingerprint density at radius 3 is 2.76 bits per heavy atom. The van der Waals surface area contributed by atoms with Crippen LogP contribution in [0, 0.1) is 0 Å². The van der Waals surface area contributed by atoms with E-state index in [1.807, 2.05) is 12.3 Å². The summed E-state index contributed by atoms with van der Waals surface area (Å²) in [6.07, 6.45) is 1.87. The molecule has 3 rings (SSSR count). The van der Waals surface area contributed by atoms with Crippen molar-refractivity contribution in [2.45, 2.75) is 26.4 Å². The lowest BCUT2D eigenvalue weighted by atomic mass is 9.97. The highest BCUT2D eigenvalue weighted by Crippen LogP contribution is 2.37. The van der Waals surface area contributed by atoms with Crippen molar-refractivity contribution in [1.82, 2.24) is 4.98 Å². The van der Waals surface area contributed by atoms with E-state index in [-0.39, 0.29) is 0 Å². The predicted molar refractivity (Wildman–Crippen MR) is 71.0 cm³/mol. The van der Waals surface area contributed by atoms with Crippen LogP contribution in [-0.2, 0) is 6.54 Å². The molecule has 1 aliphatic heterocycles. The number of aromatic nitrogens is 1. The van der Waals surface area contributed by atoms with Gasteiger partial charge in [0.25, 0.3) is 0 Å². The first kappa shape index (κ1) is 10.3. The Kier molecular flexibility index (Phi) is 2.36. The van der Waals surface area contributed by atoms with Gasteiger partial charge >= 0.3 is 0 Å². The van der Waals surface area contributed by atoms with Gasteiger partial charge in [-0.15, -0.1) is 0 Å². The highest BCUT2D eigenvalue weighted by atomic mass is 15.2. The summed E-state index contributed by atoms with van der Waals surface area (Å²) in [7, 11) is 0. The largest absolute Gasteiger partial charge is 0.363 e. The van der Waals surface area contributed by atoms with E-state index in [1.165, 1.54) is 16.8 Å². The molecular formula is C15H16N2. The third-order valence-electron chi connectivity index (χ3n) is 3.33. The van der Waals surface area contributed by atoms with Gasteiger partial charge in [-0.3, -0.25) is 4.98 Å². The van der Waals surface area contributed by atoms with Crippen LogP contribution in [0.4, 0.5) is 5.69 Å². The van der Waals surface area contributed by atoms with Gasteiger partial charge in [0.15, 0.2) is 0 Å². The maximum atomic E-state index is 4.55. The second-order valence-corrected chi connectivity index (χ2v) is 4.75. The van der Waals surface area contributed by atoms with E-state index in [2.05, 4.69) is 54.1 Å². The molecule has 0 N–H and O–H groups in total. The van der Waals surface area contributed by atoms with Crippen molar-refractivity contribution < 1.29 is 0 Å². The Morgan fingerprint density at radius 1 is 1.12 bits per heavy atom. The number of nitrogens with zero attached hydrogens (tertiary/aromatic N) is 2. The zero-order valence-electron chi connectivity index (χ0n) is 10.2. The first-order valence-corrected chi connectivity index (χ1v) is 6.07.